The number of hydrogen-bond donors (Lipinski definition) is 1. The molecule has 6 heteroatoms. The number of rotatable bonds is 5. The van der Waals surface area contributed by atoms with Crippen LogP contribution in [-0.2, 0) is 4.74 Å². The van der Waals surface area contributed by atoms with E-state index in [2.05, 4.69) is 53.2 Å². The standard InChI is InChI=1S/C22H19N3O2S/c1-14-4-9-19(15(2)10-14)20-13-28-21(25-20)17(11-23)12-24-18-7-5-16(6-8-18)22(26)27-3/h4-10,12-13,24H,1-3H3/b17-12+. The van der Waals surface area contributed by atoms with Crippen molar-refractivity contribution in [1.82, 2.24) is 4.98 Å². The number of carbonyl (C=O) groups is 1. The molecule has 0 unspecified atom stereocenters. The molecule has 0 atom stereocenters. The summed E-state index contributed by atoms with van der Waals surface area (Å²) >= 11 is 1.43. The van der Waals surface area contributed by atoms with Crippen molar-refractivity contribution >= 4 is 28.6 Å². The zero-order valence-electron chi connectivity index (χ0n) is 15.8. The minimum absolute atomic E-state index is 0.387. The van der Waals surface area contributed by atoms with Crippen LogP contribution in [0.3, 0.4) is 0 Å². The van der Waals surface area contributed by atoms with Crippen molar-refractivity contribution in [3.05, 3.63) is 75.7 Å². The fourth-order valence-corrected chi connectivity index (χ4v) is 3.53. The molecule has 0 fully saturated rings. The number of carbonyl (C=O) groups excluding carboxylic acids is 1. The third kappa shape index (κ3) is 4.27. The van der Waals surface area contributed by atoms with E-state index in [4.69, 9.17) is 0 Å². The van der Waals surface area contributed by atoms with Crippen molar-refractivity contribution in [1.29, 1.82) is 5.26 Å². The van der Waals surface area contributed by atoms with Gasteiger partial charge in [0.25, 0.3) is 0 Å². The Morgan fingerprint density at radius 1 is 1.21 bits per heavy atom. The number of anilines is 1. The van der Waals surface area contributed by atoms with E-state index >= 15 is 0 Å². The van der Waals surface area contributed by atoms with Crippen LogP contribution in [0.15, 0.2) is 54.0 Å². The quantitative estimate of drug-likeness (QED) is 0.480. The number of aromatic nitrogens is 1. The van der Waals surface area contributed by atoms with Gasteiger partial charge in [-0.25, -0.2) is 9.78 Å². The first-order valence-corrected chi connectivity index (χ1v) is 9.48. The lowest BCUT2D eigenvalue weighted by atomic mass is 10.0. The molecular weight excluding hydrogens is 370 g/mol. The summed E-state index contributed by atoms with van der Waals surface area (Å²) in [5.74, 6) is -0.387. The molecule has 0 saturated heterocycles. The molecule has 0 aliphatic heterocycles. The maximum Gasteiger partial charge on any atom is 0.337 e. The van der Waals surface area contributed by atoms with Crippen LogP contribution >= 0.6 is 11.3 Å². The second-order valence-electron chi connectivity index (χ2n) is 6.24. The van der Waals surface area contributed by atoms with Crippen molar-refractivity contribution in [2.45, 2.75) is 13.8 Å². The lowest BCUT2D eigenvalue weighted by Gasteiger charge is -2.04. The van der Waals surface area contributed by atoms with Gasteiger partial charge in [0.1, 0.15) is 16.6 Å². The summed E-state index contributed by atoms with van der Waals surface area (Å²) in [5.41, 5.74) is 5.96. The first-order chi connectivity index (χ1) is 13.5. The largest absolute Gasteiger partial charge is 0.465 e. The van der Waals surface area contributed by atoms with Crippen LogP contribution in [-0.4, -0.2) is 18.1 Å². The molecule has 28 heavy (non-hydrogen) atoms. The third-order valence-electron chi connectivity index (χ3n) is 4.20. The van der Waals surface area contributed by atoms with Gasteiger partial charge in [0, 0.05) is 22.8 Å². The minimum Gasteiger partial charge on any atom is -0.465 e. The Morgan fingerprint density at radius 3 is 2.61 bits per heavy atom. The Morgan fingerprint density at radius 2 is 1.96 bits per heavy atom. The fourth-order valence-electron chi connectivity index (χ4n) is 2.74. The normalized spacial score (nSPS) is 11.0. The second-order valence-corrected chi connectivity index (χ2v) is 7.10. The Bertz CT molecular complexity index is 1080. The molecule has 0 spiro atoms. The van der Waals surface area contributed by atoms with E-state index in [9.17, 15) is 10.1 Å². The van der Waals surface area contributed by atoms with Gasteiger partial charge in [0.05, 0.1) is 18.4 Å². The summed E-state index contributed by atoms with van der Waals surface area (Å²) in [7, 11) is 1.34. The lowest BCUT2D eigenvalue weighted by molar-refractivity contribution is 0.0601. The van der Waals surface area contributed by atoms with Gasteiger partial charge in [0.2, 0.25) is 0 Å². The number of nitrogens with one attached hydrogen (secondary N) is 1. The van der Waals surface area contributed by atoms with Crippen molar-refractivity contribution < 1.29 is 9.53 Å². The third-order valence-corrected chi connectivity index (χ3v) is 5.08. The van der Waals surface area contributed by atoms with E-state index < -0.39 is 0 Å². The number of nitrogens with zero attached hydrogens (tertiary/aromatic N) is 2. The Hall–Kier alpha value is -3.43. The highest BCUT2D eigenvalue weighted by Crippen LogP contribution is 2.28. The molecular formula is C22H19N3O2S. The molecule has 0 saturated carbocycles. The lowest BCUT2D eigenvalue weighted by Crippen LogP contribution is -2.00. The zero-order valence-corrected chi connectivity index (χ0v) is 16.6. The number of allylic oxidation sites excluding steroid dienone is 1. The van der Waals surface area contributed by atoms with E-state index in [0.29, 0.717) is 16.1 Å². The summed E-state index contributed by atoms with van der Waals surface area (Å²) in [5, 5.41) is 15.2. The van der Waals surface area contributed by atoms with E-state index in [1.165, 1.54) is 24.0 Å². The van der Waals surface area contributed by atoms with E-state index in [1.54, 1.807) is 30.5 Å². The zero-order chi connectivity index (χ0) is 20.1. The van der Waals surface area contributed by atoms with Crippen LogP contribution in [0.2, 0.25) is 0 Å². The van der Waals surface area contributed by atoms with Gasteiger partial charge in [-0.15, -0.1) is 11.3 Å². The number of aryl methyl sites for hydroxylation is 2. The molecule has 3 aromatic rings. The van der Waals surface area contributed by atoms with Crippen molar-refractivity contribution in [3.8, 4) is 17.3 Å². The van der Waals surface area contributed by atoms with Gasteiger partial charge in [0.15, 0.2) is 0 Å². The van der Waals surface area contributed by atoms with Gasteiger partial charge >= 0.3 is 5.97 Å². The van der Waals surface area contributed by atoms with E-state index in [-0.39, 0.29) is 5.97 Å². The number of nitriles is 1. The number of hydrogen-bond acceptors (Lipinski definition) is 6. The molecule has 0 amide bonds. The second kappa shape index (κ2) is 8.51. The number of esters is 1. The van der Waals surface area contributed by atoms with Gasteiger partial charge in [-0.3, -0.25) is 0 Å². The molecule has 0 aliphatic rings. The molecule has 1 heterocycles. The summed E-state index contributed by atoms with van der Waals surface area (Å²) in [4.78, 5) is 16.1. The van der Waals surface area contributed by atoms with Crippen LogP contribution in [0.1, 0.15) is 26.5 Å². The summed E-state index contributed by atoms with van der Waals surface area (Å²) in [6.45, 7) is 4.12. The number of methoxy groups -OCH3 is 1. The number of ether oxygens (including phenoxy) is 1. The highest BCUT2D eigenvalue weighted by Gasteiger charge is 2.11. The molecule has 3 rings (SSSR count). The molecule has 0 radical (unpaired) electrons. The highest BCUT2D eigenvalue weighted by molar-refractivity contribution is 7.11. The van der Waals surface area contributed by atoms with Crippen LogP contribution in [0.5, 0.6) is 0 Å². The van der Waals surface area contributed by atoms with Crippen LogP contribution in [0.4, 0.5) is 5.69 Å². The SMILES string of the molecule is COC(=O)c1ccc(N/C=C(\C#N)c2nc(-c3ccc(C)cc3C)cs2)cc1. The van der Waals surface area contributed by atoms with Crippen LogP contribution in [0.25, 0.3) is 16.8 Å². The Kier molecular flexibility index (Phi) is 5.87. The molecule has 1 aromatic heterocycles. The van der Waals surface area contributed by atoms with Crippen molar-refractivity contribution in [2.75, 3.05) is 12.4 Å². The van der Waals surface area contributed by atoms with Gasteiger partial charge in [-0.2, -0.15) is 5.26 Å². The number of thiazole rings is 1. The fraction of sp³-hybridized carbons (Fsp3) is 0.136. The molecule has 2 aromatic carbocycles. The monoisotopic (exact) mass is 389 g/mol. The Balaban J connectivity index is 1.79. The molecule has 0 aliphatic carbocycles. The van der Waals surface area contributed by atoms with E-state index in [1.807, 2.05) is 5.38 Å². The van der Waals surface area contributed by atoms with Gasteiger partial charge in [-0.05, 0) is 43.7 Å². The number of benzene rings is 2. The smallest absolute Gasteiger partial charge is 0.337 e. The summed E-state index contributed by atoms with van der Waals surface area (Å²) < 4.78 is 4.68. The summed E-state index contributed by atoms with van der Waals surface area (Å²) in [6.07, 6.45) is 1.62. The molecule has 0 bridgehead atoms. The first kappa shape index (κ1) is 19.3. The average molecular weight is 389 g/mol. The van der Waals surface area contributed by atoms with Gasteiger partial charge in [-0.1, -0.05) is 23.8 Å². The maximum atomic E-state index is 11.5. The predicted octanol–water partition coefficient (Wildman–Crippen LogP) is 5.19. The van der Waals surface area contributed by atoms with Crippen LogP contribution < -0.4 is 5.32 Å². The van der Waals surface area contributed by atoms with E-state index in [0.717, 1.165) is 22.5 Å². The van der Waals surface area contributed by atoms with Gasteiger partial charge < -0.3 is 10.1 Å². The average Bonchev–Trinajstić information content (AvgIpc) is 3.18. The molecule has 5 nitrogen and oxygen atoms in total. The predicted molar refractivity (Wildman–Crippen MR) is 112 cm³/mol. The maximum absolute atomic E-state index is 11.5. The first-order valence-electron chi connectivity index (χ1n) is 8.60. The molecule has 1 N–H and O–H groups in total. The molecule has 140 valence electrons. The van der Waals surface area contributed by atoms with Crippen LogP contribution in [0, 0.1) is 25.2 Å². The topological polar surface area (TPSA) is 75.0 Å². The minimum atomic E-state index is -0.387. The van der Waals surface area contributed by atoms with Crippen molar-refractivity contribution in [3.63, 3.8) is 0 Å². The summed E-state index contributed by atoms with van der Waals surface area (Å²) in [6, 6.07) is 15.2. The Labute approximate surface area is 167 Å². The van der Waals surface area contributed by atoms with Crippen molar-refractivity contribution in [2.24, 2.45) is 0 Å². The highest BCUT2D eigenvalue weighted by atomic mass is 32.1.